The molecule has 0 aliphatic heterocycles. The molecule has 4 saturated carbocycles. The van der Waals surface area contributed by atoms with Crippen molar-refractivity contribution >= 4 is 22.2 Å². The number of hydrogen-bond acceptors (Lipinski definition) is 1. The molecule has 1 nitrogen and oxygen atoms in total. The summed E-state index contributed by atoms with van der Waals surface area (Å²) in [6, 6.07) is 0. The number of rotatable bonds is 4. The van der Waals surface area contributed by atoms with E-state index in [0.29, 0.717) is 10.8 Å². The third-order valence-corrected chi connectivity index (χ3v) is 10.9. The minimum absolute atomic E-state index is 0.555. The van der Waals surface area contributed by atoms with E-state index >= 15 is 0 Å². The number of carbonyl (C=O) groups is 1. The van der Waals surface area contributed by atoms with Crippen molar-refractivity contribution in [2.45, 2.75) is 96.2 Å². The number of hydrogen-bond donors (Lipinski definition) is 0. The topological polar surface area (TPSA) is 17.1 Å². The van der Waals surface area contributed by atoms with Crippen molar-refractivity contribution in [3.8, 4) is 0 Å². The van der Waals surface area contributed by atoms with E-state index in [1.807, 2.05) is 0 Å². The van der Waals surface area contributed by atoms with Crippen LogP contribution < -0.4 is 0 Å². The van der Waals surface area contributed by atoms with Crippen molar-refractivity contribution in [1.82, 2.24) is 0 Å². The molecule has 0 spiro atoms. The molecule has 0 aromatic carbocycles. The SMILES string of the molecule is C[C@H](CCC=O)[C@H]1CC[C@H]2[C@@H]3CCC4CC(Br)CC[C@]4(C)[C@H]3CC[C@]12C. The number of fused-ring (bicyclic) bond motifs is 5. The first-order chi connectivity index (χ1) is 12.4. The van der Waals surface area contributed by atoms with Gasteiger partial charge >= 0.3 is 0 Å². The van der Waals surface area contributed by atoms with Gasteiger partial charge in [0.05, 0.1) is 0 Å². The van der Waals surface area contributed by atoms with E-state index in [1.54, 1.807) is 0 Å². The molecule has 0 aromatic heterocycles. The maximum atomic E-state index is 10.9. The van der Waals surface area contributed by atoms with Crippen LogP contribution in [0.1, 0.15) is 91.4 Å². The summed E-state index contributed by atoms with van der Waals surface area (Å²) < 4.78 is 0. The van der Waals surface area contributed by atoms with Gasteiger partial charge in [-0.1, -0.05) is 36.7 Å². The molecular formula is C24H39BrO. The van der Waals surface area contributed by atoms with Gasteiger partial charge in [-0.15, -0.1) is 0 Å². The van der Waals surface area contributed by atoms with E-state index in [1.165, 1.54) is 57.8 Å². The summed E-state index contributed by atoms with van der Waals surface area (Å²) in [5.41, 5.74) is 1.18. The summed E-state index contributed by atoms with van der Waals surface area (Å²) >= 11 is 3.94. The van der Waals surface area contributed by atoms with E-state index in [2.05, 4.69) is 36.7 Å². The van der Waals surface area contributed by atoms with Gasteiger partial charge in [0.25, 0.3) is 0 Å². The zero-order valence-corrected chi connectivity index (χ0v) is 18.8. The first-order valence-corrected chi connectivity index (χ1v) is 12.4. The maximum Gasteiger partial charge on any atom is 0.120 e. The molecule has 0 saturated heterocycles. The zero-order chi connectivity index (χ0) is 18.5. The molecule has 9 atom stereocenters. The highest BCUT2D eigenvalue weighted by atomic mass is 79.9. The third-order valence-electron chi connectivity index (χ3n) is 10.1. The van der Waals surface area contributed by atoms with Crippen LogP contribution in [0.25, 0.3) is 0 Å². The molecule has 0 amide bonds. The number of halogens is 1. The molecule has 4 fully saturated rings. The summed E-state index contributed by atoms with van der Waals surface area (Å²) in [6.45, 7) is 7.76. The summed E-state index contributed by atoms with van der Waals surface area (Å²) in [4.78, 5) is 11.6. The van der Waals surface area contributed by atoms with Gasteiger partial charge in [0.1, 0.15) is 6.29 Å². The van der Waals surface area contributed by atoms with Crippen molar-refractivity contribution < 1.29 is 4.79 Å². The highest BCUT2D eigenvalue weighted by Gasteiger charge is 2.60. The van der Waals surface area contributed by atoms with Crippen LogP contribution in [-0.4, -0.2) is 11.1 Å². The first kappa shape index (κ1) is 19.5. The fourth-order valence-corrected chi connectivity index (χ4v) is 9.39. The van der Waals surface area contributed by atoms with Crippen LogP contribution in [-0.2, 0) is 4.79 Å². The minimum Gasteiger partial charge on any atom is -0.303 e. The molecule has 0 bridgehead atoms. The Balaban J connectivity index is 1.53. The molecule has 0 aromatic rings. The molecule has 0 N–H and O–H groups in total. The molecule has 2 heteroatoms. The quantitative estimate of drug-likeness (QED) is 0.351. The predicted molar refractivity (Wildman–Crippen MR) is 112 cm³/mol. The van der Waals surface area contributed by atoms with Crippen molar-refractivity contribution in [3.63, 3.8) is 0 Å². The lowest BCUT2D eigenvalue weighted by molar-refractivity contribution is -0.114. The summed E-state index contributed by atoms with van der Waals surface area (Å²) in [5, 5.41) is 0. The van der Waals surface area contributed by atoms with Gasteiger partial charge in [-0.05, 0) is 111 Å². The lowest BCUT2D eigenvalue weighted by Gasteiger charge is -2.61. The lowest BCUT2D eigenvalue weighted by Crippen LogP contribution is -2.53. The Labute approximate surface area is 169 Å². The van der Waals surface area contributed by atoms with E-state index in [0.717, 1.165) is 59.5 Å². The third kappa shape index (κ3) is 2.96. The standard InChI is InChI=1S/C24H39BrO/c1-16(5-4-14-26)20-8-9-21-19-7-6-17-15-18(25)10-12-23(17,2)22(19)11-13-24(20,21)3/h14,16-22H,4-13,15H2,1-3H3/t16-,17?,18?,19+,20-,21+,22+,23+,24-/m1/s1. The van der Waals surface area contributed by atoms with Crippen molar-refractivity contribution in [1.29, 1.82) is 0 Å². The fraction of sp³-hybridized carbons (Fsp3) is 0.958. The van der Waals surface area contributed by atoms with Crippen LogP contribution in [0, 0.1) is 46.3 Å². The largest absolute Gasteiger partial charge is 0.303 e. The van der Waals surface area contributed by atoms with Crippen LogP contribution in [0.4, 0.5) is 0 Å². The van der Waals surface area contributed by atoms with Gasteiger partial charge in [-0.25, -0.2) is 0 Å². The molecule has 148 valence electrons. The molecule has 4 aliphatic carbocycles. The maximum absolute atomic E-state index is 10.9. The Bertz CT molecular complexity index is 532. The second-order valence-corrected chi connectivity index (χ2v) is 12.3. The number of carbonyl (C=O) groups excluding carboxylic acids is 1. The van der Waals surface area contributed by atoms with Crippen LogP contribution in [0.15, 0.2) is 0 Å². The van der Waals surface area contributed by atoms with Crippen molar-refractivity contribution in [3.05, 3.63) is 0 Å². The highest BCUT2D eigenvalue weighted by Crippen LogP contribution is 2.68. The Morgan fingerprint density at radius 2 is 1.73 bits per heavy atom. The predicted octanol–water partition coefficient (Wildman–Crippen LogP) is 7.02. The molecule has 0 heterocycles. The summed E-state index contributed by atoms with van der Waals surface area (Å²) in [7, 11) is 0. The van der Waals surface area contributed by atoms with E-state index in [-0.39, 0.29) is 0 Å². The normalized spacial score (nSPS) is 51.8. The molecule has 4 rings (SSSR count). The van der Waals surface area contributed by atoms with Crippen LogP contribution in [0.5, 0.6) is 0 Å². The second kappa shape index (κ2) is 7.20. The lowest BCUT2D eigenvalue weighted by atomic mass is 9.44. The van der Waals surface area contributed by atoms with Gasteiger partial charge < -0.3 is 4.79 Å². The van der Waals surface area contributed by atoms with Gasteiger partial charge in [-0.2, -0.15) is 0 Å². The Morgan fingerprint density at radius 3 is 2.50 bits per heavy atom. The monoisotopic (exact) mass is 422 g/mol. The average molecular weight is 423 g/mol. The van der Waals surface area contributed by atoms with Gasteiger partial charge in [0, 0.05) is 11.2 Å². The summed E-state index contributed by atoms with van der Waals surface area (Å²) in [6.07, 6.45) is 16.1. The highest BCUT2D eigenvalue weighted by molar-refractivity contribution is 9.09. The van der Waals surface area contributed by atoms with Gasteiger partial charge in [0.2, 0.25) is 0 Å². The molecular weight excluding hydrogens is 384 g/mol. The molecule has 2 unspecified atom stereocenters. The first-order valence-electron chi connectivity index (χ1n) is 11.5. The van der Waals surface area contributed by atoms with E-state index in [9.17, 15) is 4.79 Å². The van der Waals surface area contributed by atoms with E-state index in [4.69, 9.17) is 0 Å². The van der Waals surface area contributed by atoms with Crippen LogP contribution in [0.2, 0.25) is 0 Å². The van der Waals surface area contributed by atoms with Crippen LogP contribution in [0.3, 0.4) is 0 Å². The van der Waals surface area contributed by atoms with Crippen molar-refractivity contribution in [2.24, 2.45) is 46.3 Å². The van der Waals surface area contributed by atoms with E-state index < -0.39 is 0 Å². The Kier molecular flexibility index (Phi) is 5.39. The minimum atomic E-state index is 0.555. The number of alkyl halides is 1. The van der Waals surface area contributed by atoms with Gasteiger partial charge in [-0.3, -0.25) is 0 Å². The number of aldehydes is 1. The Hall–Kier alpha value is 0.150. The molecule has 4 aliphatic rings. The average Bonchev–Trinajstić information content (AvgIpc) is 2.97. The van der Waals surface area contributed by atoms with Crippen molar-refractivity contribution in [2.75, 3.05) is 0 Å². The Morgan fingerprint density at radius 1 is 1.00 bits per heavy atom. The smallest absolute Gasteiger partial charge is 0.120 e. The zero-order valence-electron chi connectivity index (χ0n) is 17.2. The summed E-state index contributed by atoms with van der Waals surface area (Å²) in [5.74, 6) is 5.49. The fourth-order valence-electron chi connectivity index (χ4n) is 8.71. The van der Waals surface area contributed by atoms with Crippen LogP contribution >= 0.6 is 15.9 Å². The molecule has 0 radical (unpaired) electrons. The second-order valence-electron chi connectivity index (χ2n) is 11.0. The molecule has 26 heavy (non-hydrogen) atoms. The van der Waals surface area contributed by atoms with Gasteiger partial charge in [0.15, 0.2) is 0 Å².